The van der Waals surface area contributed by atoms with Gasteiger partial charge in [-0.25, -0.2) is 4.79 Å². The fourth-order valence-electron chi connectivity index (χ4n) is 4.10. The highest BCUT2D eigenvalue weighted by Crippen LogP contribution is 2.25. The molecule has 0 aliphatic carbocycles. The van der Waals surface area contributed by atoms with E-state index in [1.54, 1.807) is 11.9 Å². The molecule has 162 valence electrons. The monoisotopic (exact) mass is 420 g/mol. The number of hydrogen-bond donors (Lipinski definition) is 1. The van der Waals surface area contributed by atoms with Crippen LogP contribution in [0.5, 0.6) is 0 Å². The number of carbonyl (C=O) groups excluding carboxylic acids is 2. The summed E-state index contributed by atoms with van der Waals surface area (Å²) >= 11 is 0. The topological polar surface area (TPSA) is 74.2 Å². The molecule has 0 aromatic heterocycles. The minimum absolute atomic E-state index is 0.0838. The molecule has 0 radical (unpaired) electrons. The molecule has 2 aliphatic rings. The highest BCUT2D eigenvalue weighted by Gasteiger charge is 2.38. The smallest absolute Gasteiger partial charge is 0.354 e. The van der Waals surface area contributed by atoms with Crippen molar-refractivity contribution in [3.63, 3.8) is 0 Å². The van der Waals surface area contributed by atoms with E-state index in [1.165, 1.54) is 5.56 Å². The van der Waals surface area contributed by atoms with E-state index in [1.807, 2.05) is 48.5 Å². The average molecular weight is 421 g/mol. The van der Waals surface area contributed by atoms with E-state index in [0.29, 0.717) is 0 Å². The Morgan fingerprint density at radius 1 is 1.10 bits per heavy atom. The number of amides is 1. The van der Waals surface area contributed by atoms with Crippen molar-refractivity contribution in [2.45, 2.75) is 38.4 Å². The summed E-state index contributed by atoms with van der Waals surface area (Å²) in [4.78, 5) is 27.8. The SMILES string of the molecule is CCOC(=O)C1=NN(c2ccccc2)C(C(=O)NC2CCN(Cc3ccccc3)C2)C1. The zero-order valence-electron chi connectivity index (χ0n) is 17.7. The van der Waals surface area contributed by atoms with Crippen LogP contribution in [-0.2, 0) is 20.9 Å². The number of carbonyl (C=O) groups is 2. The number of anilines is 1. The fraction of sp³-hybridized carbons (Fsp3) is 0.375. The predicted octanol–water partition coefficient (Wildman–Crippen LogP) is 2.58. The van der Waals surface area contributed by atoms with Gasteiger partial charge in [-0.2, -0.15) is 5.10 Å². The van der Waals surface area contributed by atoms with Gasteiger partial charge in [-0.3, -0.25) is 14.7 Å². The number of ether oxygens (including phenoxy) is 1. The standard InChI is InChI=1S/C24H28N4O3/c1-2-31-24(30)21-15-22(28(26-21)20-11-7-4-8-12-20)23(29)25-19-13-14-27(17-19)16-18-9-5-3-6-10-18/h3-12,19,22H,2,13-17H2,1H3,(H,25,29). The van der Waals surface area contributed by atoms with Gasteiger partial charge in [-0.15, -0.1) is 0 Å². The first-order chi connectivity index (χ1) is 15.1. The molecule has 1 saturated heterocycles. The van der Waals surface area contributed by atoms with Crippen LogP contribution in [0.25, 0.3) is 0 Å². The van der Waals surface area contributed by atoms with Crippen LogP contribution < -0.4 is 10.3 Å². The number of nitrogens with zero attached hydrogens (tertiary/aromatic N) is 3. The van der Waals surface area contributed by atoms with Crippen LogP contribution in [0.3, 0.4) is 0 Å². The van der Waals surface area contributed by atoms with Gasteiger partial charge in [0.25, 0.3) is 0 Å². The number of likely N-dealkylation sites (tertiary alicyclic amines) is 1. The highest BCUT2D eigenvalue weighted by molar-refractivity contribution is 6.38. The van der Waals surface area contributed by atoms with Gasteiger partial charge in [-0.05, 0) is 31.0 Å². The molecule has 2 atom stereocenters. The molecular weight excluding hydrogens is 392 g/mol. The Balaban J connectivity index is 1.40. The summed E-state index contributed by atoms with van der Waals surface area (Å²) in [6.07, 6.45) is 1.14. The molecule has 31 heavy (non-hydrogen) atoms. The van der Waals surface area contributed by atoms with Crippen LogP contribution in [0.2, 0.25) is 0 Å². The van der Waals surface area contributed by atoms with Crippen LogP contribution in [0.1, 0.15) is 25.3 Å². The van der Waals surface area contributed by atoms with Crippen LogP contribution >= 0.6 is 0 Å². The van der Waals surface area contributed by atoms with Crippen LogP contribution in [0, 0.1) is 0 Å². The lowest BCUT2D eigenvalue weighted by atomic mass is 10.1. The molecule has 7 heteroatoms. The lowest BCUT2D eigenvalue weighted by molar-refractivity contribution is -0.135. The number of esters is 1. The number of benzene rings is 2. The van der Waals surface area contributed by atoms with Gasteiger partial charge in [0.15, 0.2) is 0 Å². The quantitative estimate of drug-likeness (QED) is 0.697. The largest absolute Gasteiger partial charge is 0.461 e. The molecule has 2 aliphatic heterocycles. The fourth-order valence-corrected chi connectivity index (χ4v) is 4.10. The van der Waals surface area contributed by atoms with Gasteiger partial charge in [-0.1, -0.05) is 48.5 Å². The van der Waals surface area contributed by atoms with E-state index >= 15 is 0 Å². The summed E-state index contributed by atoms with van der Waals surface area (Å²) in [5, 5.41) is 9.25. The lowest BCUT2D eigenvalue weighted by Gasteiger charge is -2.24. The third-order valence-electron chi connectivity index (χ3n) is 5.61. The Morgan fingerprint density at radius 2 is 1.81 bits per heavy atom. The summed E-state index contributed by atoms with van der Waals surface area (Å²) in [7, 11) is 0. The maximum absolute atomic E-state index is 13.2. The molecule has 0 saturated carbocycles. The van der Waals surface area contributed by atoms with Crippen molar-refractivity contribution in [2.24, 2.45) is 5.10 Å². The van der Waals surface area contributed by atoms with Crippen molar-refractivity contribution in [1.29, 1.82) is 0 Å². The predicted molar refractivity (Wildman–Crippen MR) is 120 cm³/mol. The van der Waals surface area contributed by atoms with E-state index in [-0.39, 0.29) is 30.7 Å². The maximum atomic E-state index is 13.2. The van der Waals surface area contributed by atoms with Crippen molar-refractivity contribution >= 4 is 23.3 Å². The first-order valence-electron chi connectivity index (χ1n) is 10.8. The zero-order valence-corrected chi connectivity index (χ0v) is 17.7. The summed E-state index contributed by atoms with van der Waals surface area (Å²) in [6.45, 7) is 4.66. The summed E-state index contributed by atoms with van der Waals surface area (Å²) in [5.74, 6) is -0.577. The normalized spacial score (nSPS) is 21.1. The highest BCUT2D eigenvalue weighted by atomic mass is 16.5. The first-order valence-corrected chi connectivity index (χ1v) is 10.8. The second kappa shape index (κ2) is 9.75. The second-order valence-electron chi connectivity index (χ2n) is 7.88. The Morgan fingerprint density at radius 3 is 2.52 bits per heavy atom. The maximum Gasteiger partial charge on any atom is 0.354 e. The Bertz CT molecular complexity index is 932. The van der Waals surface area contributed by atoms with E-state index in [2.05, 4.69) is 27.5 Å². The minimum atomic E-state index is -0.565. The number of nitrogens with one attached hydrogen (secondary N) is 1. The first kappa shape index (κ1) is 21.1. The molecule has 2 unspecified atom stereocenters. The van der Waals surface area contributed by atoms with Gasteiger partial charge in [0.05, 0.1) is 12.3 Å². The van der Waals surface area contributed by atoms with Gasteiger partial charge in [0, 0.05) is 32.1 Å². The molecule has 0 spiro atoms. The molecule has 2 aromatic carbocycles. The molecule has 1 amide bonds. The molecule has 1 fully saturated rings. The number of hydrazone groups is 1. The average Bonchev–Trinajstić information content (AvgIpc) is 3.43. The van der Waals surface area contributed by atoms with E-state index in [4.69, 9.17) is 4.74 Å². The minimum Gasteiger partial charge on any atom is -0.461 e. The van der Waals surface area contributed by atoms with Crippen LogP contribution in [-0.4, -0.2) is 54.3 Å². The van der Waals surface area contributed by atoms with Gasteiger partial charge >= 0.3 is 5.97 Å². The molecular formula is C24H28N4O3. The Hall–Kier alpha value is -3.19. The van der Waals surface area contributed by atoms with Crippen molar-refractivity contribution in [3.8, 4) is 0 Å². The third kappa shape index (κ3) is 5.11. The summed E-state index contributed by atoms with van der Waals surface area (Å²) in [5.41, 5.74) is 2.33. The Kier molecular flexibility index (Phi) is 6.62. The molecule has 2 heterocycles. The number of rotatable bonds is 7. The molecule has 1 N–H and O–H groups in total. The molecule has 7 nitrogen and oxygen atoms in total. The van der Waals surface area contributed by atoms with E-state index in [0.717, 1.165) is 31.7 Å². The number of hydrogen-bond acceptors (Lipinski definition) is 6. The summed E-state index contributed by atoms with van der Waals surface area (Å²) < 4.78 is 5.11. The number of para-hydroxylation sites is 1. The van der Waals surface area contributed by atoms with Crippen LogP contribution in [0.15, 0.2) is 65.8 Å². The molecule has 4 rings (SSSR count). The van der Waals surface area contributed by atoms with Crippen LogP contribution in [0.4, 0.5) is 5.69 Å². The zero-order chi connectivity index (χ0) is 21.6. The van der Waals surface area contributed by atoms with Crippen molar-refractivity contribution in [2.75, 3.05) is 24.7 Å². The van der Waals surface area contributed by atoms with Crippen molar-refractivity contribution < 1.29 is 14.3 Å². The van der Waals surface area contributed by atoms with Gasteiger partial charge in [0.2, 0.25) is 5.91 Å². The van der Waals surface area contributed by atoms with E-state index in [9.17, 15) is 9.59 Å². The van der Waals surface area contributed by atoms with E-state index < -0.39 is 12.0 Å². The summed E-state index contributed by atoms with van der Waals surface area (Å²) in [6, 6.07) is 19.3. The Labute approximate surface area is 182 Å². The van der Waals surface area contributed by atoms with Crippen molar-refractivity contribution in [1.82, 2.24) is 10.2 Å². The lowest BCUT2D eigenvalue weighted by Crippen LogP contribution is -2.47. The molecule has 0 bridgehead atoms. The van der Waals surface area contributed by atoms with Gasteiger partial charge < -0.3 is 10.1 Å². The second-order valence-corrected chi connectivity index (χ2v) is 7.88. The van der Waals surface area contributed by atoms with Crippen molar-refractivity contribution in [3.05, 3.63) is 66.2 Å². The third-order valence-corrected chi connectivity index (χ3v) is 5.61. The van der Waals surface area contributed by atoms with Gasteiger partial charge in [0.1, 0.15) is 11.8 Å². The molecule has 2 aromatic rings.